The normalized spacial score (nSPS) is 53.6. The summed E-state index contributed by atoms with van der Waals surface area (Å²) in [5.41, 5.74) is 2.47. The Morgan fingerprint density at radius 2 is 2.07 bits per heavy atom. The van der Waals surface area contributed by atoms with Gasteiger partial charge in [-0.15, -0.1) is 0 Å². The summed E-state index contributed by atoms with van der Waals surface area (Å²) in [5.74, 6) is 1.05. The van der Waals surface area contributed by atoms with Gasteiger partial charge < -0.3 is 15.1 Å². The lowest BCUT2D eigenvalue weighted by Gasteiger charge is -2.67. The third-order valence-corrected chi connectivity index (χ3v) is 9.56. The van der Waals surface area contributed by atoms with Gasteiger partial charge in [-0.1, -0.05) is 31.7 Å². The van der Waals surface area contributed by atoms with E-state index >= 15 is 0 Å². The molecule has 4 saturated heterocycles. The first kappa shape index (κ1) is 16.6. The van der Waals surface area contributed by atoms with E-state index in [1.54, 1.807) is 0 Å². The van der Waals surface area contributed by atoms with Crippen LogP contribution in [0.3, 0.4) is 0 Å². The zero-order chi connectivity index (χ0) is 18.7. The lowest BCUT2D eigenvalue weighted by Crippen LogP contribution is -2.82. The van der Waals surface area contributed by atoms with Crippen LogP contribution in [0.2, 0.25) is 0 Å². The maximum atomic E-state index is 11.9. The minimum atomic E-state index is -0.321. The number of likely N-dealkylation sites (N-methyl/N-ethyl adjacent to an activating group) is 1. The Labute approximate surface area is 161 Å². The van der Waals surface area contributed by atoms with Gasteiger partial charge in [-0.3, -0.25) is 4.48 Å². The number of benzene rings is 1. The van der Waals surface area contributed by atoms with Gasteiger partial charge in [0.1, 0.15) is 6.04 Å². The summed E-state index contributed by atoms with van der Waals surface area (Å²) in [5, 5.41) is 23.5. The molecule has 27 heavy (non-hydrogen) atoms. The van der Waals surface area contributed by atoms with Crippen molar-refractivity contribution in [2.75, 3.05) is 18.5 Å². The van der Waals surface area contributed by atoms with Gasteiger partial charge in [0.15, 0.2) is 6.23 Å². The van der Waals surface area contributed by atoms with E-state index in [4.69, 9.17) is 0 Å². The molecular formula is C23H31N2O2+. The van der Waals surface area contributed by atoms with E-state index in [0.717, 1.165) is 30.3 Å². The summed E-state index contributed by atoms with van der Waals surface area (Å²) in [6.45, 7) is 7.10. The molecule has 4 nitrogen and oxygen atoms in total. The fourth-order valence-corrected chi connectivity index (χ4v) is 8.98. The van der Waals surface area contributed by atoms with Gasteiger partial charge in [0, 0.05) is 37.4 Å². The van der Waals surface area contributed by atoms with Gasteiger partial charge in [0.05, 0.1) is 30.1 Å². The molecule has 6 unspecified atom stereocenters. The van der Waals surface area contributed by atoms with Crippen molar-refractivity contribution in [3.8, 4) is 0 Å². The number of rotatable bonds is 3. The molecule has 5 aliphatic heterocycles. The minimum Gasteiger partial charge on any atom is -0.392 e. The van der Waals surface area contributed by atoms with Crippen molar-refractivity contribution in [1.29, 1.82) is 0 Å². The number of aliphatic hydroxyl groups is 2. The van der Waals surface area contributed by atoms with E-state index in [9.17, 15) is 10.2 Å². The average Bonchev–Trinajstić information content (AvgIpc) is 3.06. The summed E-state index contributed by atoms with van der Waals surface area (Å²) in [4.78, 5) is 2.44. The molecule has 5 bridgehead atoms. The predicted molar refractivity (Wildman–Crippen MR) is 105 cm³/mol. The first-order valence-corrected chi connectivity index (χ1v) is 10.7. The standard InChI is InChI=1S/C23H31N2O2/c1-4-10-25-17-11-14(13(5-2)22(25)27)19-18(25)12-23(21(19)26)15-8-6-7-9-16(15)24(3)20(17)23/h4,6-9,13-14,17-22,26-27H,1,5,10-12H2,2-3H3/q+1/t13?,14-,17?,18-,19?,20?,21?,22+,23+,25?/m0/s1. The maximum Gasteiger partial charge on any atom is 0.194 e. The molecule has 1 aromatic rings. The molecule has 5 fully saturated rings. The van der Waals surface area contributed by atoms with Crippen LogP contribution >= 0.6 is 0 Å². The maximum absolute atomic E-state index is 11.9. The molecule has 7 rings (SSSR count). The molecule has 5 heterocycles. The zero-order valence-electron chi connectivity index (χ0n) is 16.3. The SMILES string of the molecule is C=CC[N+]12C3C[C@@H](C(CC)[C@H]1O)C1C(O)[C@]4(C[C@@H]12)c1ccccc1N(C)C34. The van der Waals surface area contributed by atoms with Gasteiger partial charge in [0.2, 0.25) is 0 Å². The first-order chi connectivity index (χ1) is 13.0. The van der Waals surface area contributed by atoms with Gasteiger partial charge in [-0.2, -0.15) is 0 Å². The van der Waals surface area contributed by atoms with Crippen molar-refractivity contribution < 1.29 is 14.7 Å². The number of piperidine rings is 4. The molecular weight excluding hydrogens is 336 g/mol. The van der Waals surface area contributed by atoms with E-state index in [-0.39, 0.29) is 23.8 Å². The Kier molecular flexibility index (Phi) is 3.05. The molecule has 1 saturated carbocycles. The fraction of sp³-hybridized carbons (Fsp3) is 0.652. The molecule has 1 aromatic carbocycles. The van der Waals surface area contributed by atoms with Crippen LogP contribution in [-0.2, 0) is 5.41 Å². The highest BCUT2D eigenvalue weighted by Crippen LogP contribution is 2.71. The van der Waals surface area contributed by atoms with Crippen LogP contribution in [0.4, 0.5) is 5.69 Å². The van der Waals surface area contributed by atoms with E-state index in [2.05, 4.69) is 49.7 Å². The number of hydrogen-bond acceptors (Lipinski definition) is 3. The molecule has 10 atom stereocenters. The smallest absolute Gasteiger partial charge is 0.194 e. The van der Waals surface area contributed by atoms with Crippen molar-refractivity contribution in [2.24, 2.45) is 17.8 Å². The van der Waals surface area contributed by atoms with Crippen molar-refractivity contribution in [3.63, 3.8) is 0 Å². The third-order valence-electron chi connectivity index (χ3n) is 9.56. The number of nitrogens with zero attached hydrogens (tertiary/aromatic N) is 2. The van der Waals surface area contributed by atoms with Gasteiger partial charge in [-0.25, -0.2) is 0 Å². The lowest BCUT2D eigenvalue weighted by molar-refractivity contribution is -1.03. The summed E-state index contributed by atoms with van der Waals surface area (Å²) in [6, 6.07) is 9.71. The van der Waals surface area contributed by atoms with E-state index in [1.807, 2.05) is 6.08 Å². The lowest BCUT2D eigenvalue weighted by atomic mass is 9.60. The molecule has 144 valence electrons. The average molecular weight is 368 g/mol. The van der Waals surface area contributed by atoms with Crippen LogP contribution < -0.4 is 4.90 Å². The van der Waals surface area contributed by atoms with Gasteiger partial charge >= 0.3 is 0 Å². The summed E-state index contributed by atoms with van der Waals surface area (Å²) in [6.07, 6.45) is 4.52. The largest absolute Gasteiger partial charge is 0.392 e. The molecule has 0 radical (unpaired) electrons. The Morgan fingerprint density at radius 1 is 1.30 bits per heavy atom. The fourth-order valence-electron chi connectivity index (χ4n) is 8.98. The van der Waals surface area contributed by atoms with E-state index in [0.29, 0.717) is 29.8 Å². The third kappa shape index (κ3) is 1.47. The number of para-hydroxylation sites is 1. The molecule has 2 N–H and O–H groups in total. The molecule has 0 amide bonds. The minimum absolute atomic E-state index is 0.161. The molecule has 6 aliphatic rings. The highest BCUT2D eigenvalue weighted by atomic mass is 16.3. The predicted octanol–water partition coefficient (Wildman–Crippen LogP) is 2.26. The van der Waals surface area contributed by atoms with Crippen LogP contribution in [-0.4, -0.2) is 58.7 Å². The van der Waals surface area contributed by atoms with Crippen LogP contribution in [0.25, 0.3) is 0 Å². The second-order valence-electron chi connectivity index (χ2n) is 9.83. The Bertz CT molecular complexity index is 826. The number of fused-ring (bicyclic) bond motifs is 2. The van der Waals surface area contributed by atoms with Crippen LogP contribution in [0.5, 0.6) is 0 Å². The van der Waals surface area contributed by atoms with Crippen LogP contribution in [0.1, 0.15) is 31.7 Å². The Hall–Kier alpha value is -1.36. The molecule has 1 aliphatic carbocycles. The van der Waals surface area contributed by atoms with Crippen molar-refractivity contribution >= 4 is 5.69 Å². The van der Waals surface area contributed by atoms with Crippen molar-refractivity contribution in [2.45, 2.75) is 62.1 Å². The number of anilines is 1. The monoisotopic (exact) mass is 367 g/mol. The van der Waals surface area contributed by atoms with Crippen LogP contribution in [0.15, 0.2) is 36.9 Å². The number of aliphatic hydroxyl groups excluding tert-OH is 2. The molecule has 4 heteroatoms. The molecule has 0 aromatic heterocycles. The number of quaternary nitrogens is 1. The Morgan fingerprint density at radius 3 is 2.81 bits per heavy atom. The van der Waals surface area contributed by atoms with Crippen molar-refractivity contribution in [3.05, 3.63) is 42.5 Å². The number of hydrogen-bond donors (Lipinski definition) is 2. The second-order valence-corrected chi connectivity index (χ2v) is 9.83. The van der Waals surface area contributed by atoms with E-state index in [1.165, 1.54) is 11.3 Å². The zero-order valence-corrected chi connectivity index (χ0v) is 16.3. The highest BCUT2D eigenvalue weighted by Gasteiger charge is 2.82. The summed E-state index contributed by atoms with van der Waals surface area (Å²) >= 11 is 0. The van der Waals surface area contributed by atoms with Gasteiger partial charge in [0.25, 0.3) is 0 Å². The Balaban J connectivity index is 1.63. The summed E-state index contributed by atoms with van der Waals surface area (Å²) in [7, 11) is 2.21. The van der Waals surface area contributed by atoms with Crippen LogP contribution in [0, 0.1) is 17.8 Å². The van der Waals surface area contributed by atoms with Crippen molar-refractivity contribution in [1.82, 2.24) is 0 Å². The second kappa shape index (κ2) is 4.97. The van der Waals surface area contributed by atoms with E-state index < -0.39 is 0 Å². The topological polar surface area (TPSA) is 43.7 Å². The highest BCUT2D eigenvalue weighted by molar-refractivity contribution is 5.66. The summed E-state index contributed by atoms with van der Waals surface area (Å²) < 4.78 is 0.755. The molecule has 1 spiro atoms. The first-order valence-electron chi connectivity index (χ1n) is 10.7. The quantitative estimate of drug-likeness (QED) is 0.636. The van der Waals surface area contributed by atoms with Gasteiger partial charge in [-0.05, 0) is 30.0 Å².